The van der Waals surface area contributed by atoms with Gasteiger partial charge in [0.15, 0.2) is 5.16 Å². The first kappa shape index (κ1) is 16.0. The van der Waals surface area contributed by atoms with Crippen molar-refractivity contribution in [3.8, 4) is 0 Å². The number of thioether (sulfide) groups is 1. The van der Waals surface area contributed by atoms with Crippen LogP contribution in [-0.4, -0.2) is 51.6 Å². The van der Waals surface area contributed by atoms with Gasteiger partial charge in [0.1, 0.15) is 0 Å². The molecular weight excluding hydrogens is 316 g/mol. The van der Waals surface area contributed by atoms with Crippen LogP contribution in [0.1, 0.15) is 31.4 Å². The highest BCUT2D eigenvalue weighted by Gasteiger charge is 2.23. The number of hydrogen-bond donors (Lipinski definition) is 2. The molecule has 0 aromatic carbocycles. The van der Waals surface area contributed by atoms with Crippen molar-refractivity contribution in [2.24, 2.45) is 0 Å². The molecule has 2 fully saturated rings. The van der Waals surface area contributed by atoms with E-state index in [1.807, 2.05) is 4.90 Å². The molecule has 1 aromatic heterocycles. The number of carbonyl (C=O) groups excluding carboxylic acids is 2. The standard InChI is InChI=1S/C15H20N4O3S/c20-12(16-10-3-4-10)7-11-8-13(21)18-15(17-11)23-9-14(22)19-5-1-2-6-19/h8,10H,1-7,9H2,(H,16,20)(H,17,18,21). The van der Waals surface area contributed by atoms with Gasteiger partial charge in [0, 0.05) is 25.2 Å². The van der Waals surface area contributed by atoms with E-state index in [-0.39, 0.29) is 35.6 Å². The Hall–Kier alpha value is -1.83. The van der Waals surface area contributed by atoms with Gasteiger partial charge in [-0.15, -0.1) is 0 Å². The van der Waals surface area contributed by atoms with Crippen molar-refractivity contribution in [3.63, 3.8) is 0 Å². The van der Waals surface area contributed by atoms with E-state index in [4.69, 9.17) is 0 Å². The van der Waals surface area contributed by atoms with Crippen LogP contribution in [-0.2, 0) is 16.0 Å². The molecule has 0 spiro atoms. The normalized spacial score (nSPS) is 17.3. The van der Waals surface area contributed by atoms with Gasteiger partial charge in [-0.1, -0.05) is 11.8 Å². The zero-order chi connectivity index (χ0) is 16.2. The monoisotopic (exact) mass is 336 g/mol. The lowest BCUT2D eigenvalue weighted by molar-refractivity contribution is -0.127. The maximum absolute atomic E-state index is 12.0. The third-order valence-corrected chi connectivity index (χ3v) is 4.71. The number of carbonyl (C=O) groups is 2. The van der Waals surface area contributed by atoms with E-state index in [0.717, 1.165) is 38.8 Å². The van der Waals surface area contributed by atoms with Crippen molar-refractivity contribution in [2.75, 3.05) is 18.8 Å². The van der Waals surface area contributed by atoms with Gasteiger partial charge in [-0.3, -0.25) is 14.4 Å². The molecule has 2 amide bonds. The Kier molecular flexibility index (Phi) is 5.00. The van der Waals surface area contributed by atoms with Gasteiger partial charge in [-0.05, 0) is 25.7 Å². The van der Waals surface area contributed by atoms with E-state index in [1.165, 1.54) is 17.8 Å². The molecule has 0 radical (unpaired) electrons. The van der Waals surface area contributed by atoms with Crippen LogP contribution in [0.5, 0.6) is 0 Å². The maximum Gasteiger partial charge on any atom is 0.251 e. The average Bonchev–Trinajstić information content (AvgIpc) is 3.14. The highest BCUT2D eigenvalue weighted by Crippen LogP contribution is 2.19. The summed E-state index contributed by atoms with van der Waals surface area (Å²) in [6.07, 6.45) is 4.24. The summed E-state index contributed by atoms with van der Waals surface area (Å²) in [5, 5.41) is 3.26. The topological polar surface area (TPSA) is 95.2 Å². The molecule has 1 aromatic rings. The molecule has 8 heteroatoms. The van der Waals surface area contributed by atoms with E-state index in [2.05, 4.69) is 15.3 Å². The molecule has 1 saturated carbocycles. The maximum atomic E-state index is 12.0. The predicted octanol–water partition coefficient (Wildman–Crippen LogP) is 0.306. The molecule has 1 aliphatic heterocycles. The van der Waals surface area contributed by atoms with E-state index in [9.17, 15) is 14.4 Å². The van der Waals surface area contributed by atoms with Crippen molar-refractivity contribution in [1.82, 2.24) is 20.2 Å². The third-order valence-electron chi connectivity index (χ3n) is 3.85. The fourth-order valence-corrected chi connectivity index (χ4v) is 3.30. The van der Waals surface area contributed by atoms with Gasteiger partial charge in [-0.2, -0.15) is 0 Å². The second kappa shape index (κ2) is 7.16. The summed E-state index contributed by atoms with van der Waals surface area (Å²) < 4.78 is 0. The number of H-pyrrole nitrogens is 1. The van der Waals surface area contributed by atoms with Crippen LogP contribution in [0.25, 0.3) is 0 Å². The number of hydrogen-bond acceptors (Lipinski definition) is 5. The molecule has 23 heavy (non-hydrogen) atoms. The smallest absolute Gasteiger partial charge is 0.251 e. The van der Waals surface area contributed by atoms with E-state index in [1.54, 1.807) is 0 Å². The lowest BCUT2D eigenvalue weighted by Crippen LogP contribution is -2.29. The molecule has 1 aliphatic carbocycles. The zero-order valence-electron chi connectivity index (χ0n) is 12.8. The third kappa shape index (κ3) is 4.82. The number of nitrogens with zero attached hydrogens (tertiary/aromatic N) is 2. The molecule has 2 aliphatic rings. The summed E-state index contributed by atoms with van der Waals surface area (Å²) in [5.74, 6) is 0.197. The molecule has 2 heterocycles. The summed E-state index contributed by atoms with van der Waals surface area (Å²) in [6, 6.07) is 1.62. The first-order valence-electron chi connectivity index (χ1n) is 7.90. The summed E-state index contributed by atoms with van der Waals surface area (Å²) in [6.45, 7) is 1.62. The second-order valence-electron chi connectivity index (χ2n) is 5.94. The molecular formula is C15H20N4O3S. The summed E-state index contributed by atoms with van der Waals surface area (Å²) >= 11 is 1.21. The number of likely N-dealkylation sites (tertiary alicyclic amines) is 1. The fourth-order valence-electron chi connectivity index (χ4n) is 2.50. The van der Waals surface area contributed by atoms with Gasteiger partial charge in [0.05, 0.1) is 17.9 Å². The first-order chi connectivity index (χ1) is 11.1. The zero-order valence-corrected chi connectivity index (χ0v) is 13.7. The fraction of sp³-hybridized carbons (Fsp3) is 0.600. The van der Waals surface area contributed by atoms with Crippen molar-refractivity contribution in [1.29, 1.82) is 0 Å². The van der Waals surface area contributed by atoms with Crippen LogP contribution in [0.3, 0.4) is 0 Å². The Morgan fingerprint density at radius 2 is 2.09 bits per heavy atom. The molecule has 0 bridgehead atoms. The molecule has 3 rings (SSSR count). The highest BCUT2D eigenvalue weighted by atomic mass is 32.2. The number of amides is 2. The van der Waals surface area contributed by atoms with Crippen molar-refractivity contribution in [3.05, 3.63) is 22.1 Å². The van der Waals surface area contributed by atoms with Gasteiger partial charge in [0.2, 0.25) is 11.8 Å². The number of aromatic amines is 1. The minimum Gasteiger partial charge on any atom is -0.353 e. The minimum absolute atomic E-state index is 0.0621. The SMILES string of the molecule is O=C(Cc1cc(=O)[nH]c(SCC(=O)N2CCCC2)n1)NC1CC1. The number of aromatic nitrogens is 2. The van der Waals surface area contributed by atoms with Gasteiger partial charge >= 0.3 is 0 Å². The number of nitrogens with one attached hydrogen (secondary N) is 2. The van der Waals surface area contributed by atoms with Gasteiger partial charge in [-0.25, -0.2) is 4.98 Å². The molecule has 0 atom stereocenters. The van der Waals surface area contributed by atoms with E-state index >= 15 is 0 Å². The quantitative estimate of drug-likeness (QED) is 0.576. The highest BCUT2D eigenvalue weighted by molar-refractivity contribution is 7.99. The van der Waals surface area contributed by atoms with Crippen LogP contribution >= 0.6 is 11.8 Å². The largest absolute Gasteiger partial charge is 0.353 e. The molecule has 1 saturated heterocycles. The van der Waals surface area contributed by atoms with Crippen LogP contribution < -0.4 is 10.9 Å². The van der Waals surface area contributed by atoms with Crippen LogP contribution in [0, 0.1) is 0 Å². The lowest BCUT2D eigenvalue weighted by atomic mass is 10.3. The summed E-state index contributed by atoms with van der Waals surface area (Å²) in [7, 11) is 0. The molecule has 0 unspecified atom stereocenters. The van der Waals surface area contributed by atoms with Crippen LogP contribution in [0.15, 0.2) is 16.0 Å². The Bertz CT molecular complexity index is 650. The average molecular weight is 336 g/mol. The van der Waals surface area contributed by atoms with Crippen molar-refractivity contribution in [2.45, 2.75) is 43.3 Å². The van der Waals surface area contributed by atoms with E-state index in [0.29, 0.717) is 10.9 Å². The van der Waals surface area contributed by atoms with Gasteiger partial charge < -0.3 is 15.2 Å². The summed E-state index contributed by atoms with van der Waals surface area (Å²) in [4.78, 5) is 44.2. The van der Waals surface area contributed by atoms with Crippen LogP contribution in [0.4, 0.5) is 0 Å². The lowest BCUT2D eigenvalue weighted by Gasteiger charge is -2.14. The Labute approximate surface area is 138 Å². The molecule has 124 valence electrons. The number of rotatable bonds is 6. The van der Waals surface area contributed by atoms with Gasteiger partial charge in [0.25, 0.3) is 5.56 Å². The van der Waals surface area contributed by atoms with Crippen LogP contribution in [0.2, 0.25) is 0 Å². The molecule has 2 N–H and O–H groups in total. The minimum atomic E-state index is -0.301. The van der Waals surface area contributed by atoms with E-state index < -0.39 is 0 Å². The van der Waals surface area contributed by atoms with Crippen molar-refractivity contribution < 1.29 is 9.59 Å². The predicted molar refractivity (Wildman–Crippen MR) is 86.3 cm³/mol. The molecule has 7 nitrogen and oxygen atoms in total. The second-order valence-corrected chi connectivity index (χ2v) is 6.90. The van der Waals surface area contributed by atoms with Crippen molar-refractivity contribution >= 4 is 23.6 Å². The Morgan fingerprint density at radius 1 is 1.35 bits per heavy atom. The summed E-state index contributed by atoms with van der Waals surface area (Å²) in [5.41, 5.74) is 0.133. The Morgan fingerprint density at radius 3 is 2.78 bits per heavy atom. The Balaban J connectivity index is 1.56. The first-order valence-corrected chi connectivity index (χ1v) is 8.89.